The van der Waals surface area contributed by atoms with Gasteiger partial charge in [0.2, 0.25) is 0 Å². The highest BCUT2D eigenvalue weighted by molar-refractivity contribution is 6.06. The standard InChI is InChI=1S/C18H27NO3/c1-5-7-9-21-13-10-15(20)17-14(19-8-6-2)12-18(3,4)22-16(17)11-13/h10-11,20H,5-9,12H2,1-4H3. The van der Waals surface area contributed by atoms with E-state index >= 15 is 0 Å². The van der Waals surface area contributed by atoms with Gasteiger partial charge in [-0.05, 0) is 26.7 Å². The quantitative estimate of drug-likeness (QED) is 0.796. The highest BCUT2D eigenvalue weighted by Crippen LogP contribution is 2.41. The monoisotopic (exact) mass is 305 g/mol. The van der Waals surface area contributed by atoms with Crippen molar-refractivity contribution in [3.63, 3.8) is 0 Å². The summed E-state index contributed by atoms with van der Waals surface area (Å²) in [5.41, 5.74) is 1.31. The molecule has 122 valence electrons. The largest absolute Gasteiger partial charge is 0.507 e. The van der Waals surface area contributed by atoms with E-state index in [1.807, 2.05) is 19.9 Å². The fourth-order valence-corrected chi connectivity index (χ4v) is 2.57. The Bertz CT molecular complexity index is 550. The normalized spacial score (nSPS) is 17.9. The number of nitrogens with zero attached hydrogens (tertiary/aromatic N) is 1. The average molecular weight is 305 g/mol. The Hall–Kier alpha value is -1.71. The van der Waals surface area contributed by atoms with E-state index in [1.54, 1.807) is 6.07 Å². The van der Waals surface area contributed by atoms with Crippen molar-refractivity contribution in [3.8, 4) is 17.2 Å². The lowest BCUT2D eigenvalue weighted by molar-refractivity contribution is 0.110. The summed E-state index contributed by atoms with van der Waals surface area (Å²) in [5.74, 6) is 1.50. The zero-order chi connectivity index (χ0) is 16.2. The summed E-state index contributed by atoms with van der Waals surface area (Å²) >= 11 is 0. The predicted molar refractivity (Wildman–Crippen MR) is 89.5 cm³/mol. The molecule has 4 nitrogen and oxygen atoms in total. The number of phenolic OH excluding ortho intramolecular Hbond substituents is 1. The topological polar surface area (TPSA) is 51.0 Å². The first-order valence-corrected chi connectivity index (χ1v) is 8.19. The SMILES string of the molecule is CCCCOc1cc(O)c2c(c1)OC(C)(C)CC2=NCCC. The molecule has 0 spiro atoms. The number of aliphatic imine (C=N–C) groups is 1. The Balaban J connectivity index is 2.35. The first kappa shape index (κ1) is 16.7. The molecule has 0 fully saturated rings. The summed E-state index contributed by atoms with van der Waals surface area (Å²) in [6, 6.07) is 3.53. The number of hydrogen-bond donors (Lipinski definition) is 1. The molecule has 2 rings (SSSR count). The molecule has 1 aliphatic rings. The lowest BCUT2D eigenvalue weighted by Gasteiger charge is -2.34. The molecule has 1 heterocycles. The molecule has 1 N–H and O–H groups in total. The van der Waals surface area contributed by atoms with Crippen molar-refractivity contribution in [3.05, 3.63) is 17.7 Å². The van der Waals surface area contributed by atoms with Gasteiger partial charge in [0.25, 0.3) is 0 Å². The molecule has 0 unspecified atom stereocenters. The van der Waals surface area contributed by atoms with E-state index in [-0.39, 0.29) is 11.4 Å². The molecular formula is C18H27NO3. The third kappa shape index (κ3) is 3.93. The molecule has 0 radical (unpaired) electrons. The van der Waals surface area contributed by atoms with Crippen LogP contribution in [-0.2, 0) is 0 Å². The first-order valence-electron chi connectivity index (χ1n) is 8.19. The lowest BCUT2D eigenvalue weighted by atomic mass is 9.91. The van der Waals surface area contributed by atoms with Crippen molar-refractivity contribution in [2.45, 2.75) is 59.0 Å². The molecule has 0 atom stereocenters. The van der Waals surface area contributed by atoms with Gasteiger partial charge in [-0.3, -0.25) is 4.99 Å². The van der Waals surface area contributed by atoms with Crippen LogP contribution in [-0.4, -0.2) is 29.6 Å². The van der Waals surface area contributed by atoms with Crippen molar-refractivity contribution in [2.24, 2.45) is 4.99 Å². The van der Waals surface area contributed by atoms with E-state index in [1.165, 1.54) is 0 Å². The fraction of sp³-hybridized carbons (Fsp3) is 0.611. The summed E-state index contributed by atoms with van der Waals surface area (Å²) < 4.78 is 11.7. The van der Waals surface area contributed by atoms with Gasteiger partial charge in [0, 0.05) is 25.1 Å². The molecule has 0 aliphatic carbocycles. The molecule has 0 amide bonds. The van der Waals surface area contributed by atoms with Crippen LogP contribution < -0.4 is 9.47 Å². The van der Waals surface area contributed by atoms with Gasteiger partial charge in [-0.15, -0.1) is 0 Å². The van der Waals surface area contributed by atoms with Crippen molar-refractivity contribution >= 4 is 5.71 Å². The van der Waals surface area contributed by atoms with Gasteiger partial charge in [0.15, 0.2) is 0 Å². The van der Waals surface area contributed by atoms with Crippen LogP contribution in [0.2, 0.25) is 0 Å². The van der Waals surface area contributed by atoms with Crippen LogP contribution in [0.4, 0.5) is 0 Å². The van der Waals surface area contributed by atoms with Crippen LogP contribution in [0.25, 0.3) is 0 Å². The van der Waals surface area contributed by atoms with E-state index < -0.39 is 0 Å². The van der Waals surface area contributed by atoms with Crippen LogP contribution >= 0.6 is 0 Å². The Labute approximate surface area is 133 Å². The van der Waals surface area contributed by atoms with Crippen molar-refractivity contribution in [1.82, 2.24) is 0 Å². The fourth-order valence-electron chi connectivity index (χ4n) is 2.57. The molecule has 1 aromatic rings. The van der Waals surface area contributed by atoms with E-state index in [9.17, 15) is 5.11 Å². The van der Waals surface area contributed by atoms with E-state index in [0.717, 1.165) is 37.1 Å². The van der Waals surface area contributed by atoms with Gasteiger partial charge in [0.1, 0.15) is 22.8 Å². The second-order valence-electron chi connectivity index (χ2n) is 6.38. The van der Waals surface area contributed by atoms with Gasteiger partial charge >= 0.3 is 0 Å². The number of fused-ring (bicyclic) bond motifs is 1. The minimum absolute atomic E-state index is 0.189. The average Bonchev–Trinajstić information content (AvgIpc) is 2.43. The van der Waals surface area contributed by atoms with Gasteiger partial charge in [-0.1, -0.05) is 20.3 Å². The summed E-state index contributed by atoms with van der Waals surface area (Å²) in [6.07, 6.45) is 3.75. The Morgan fingerprint density at radius 2 is 2.05 bits per heavy atom. The molecule has 4 heteroatoms. The van der Waals surface area contributed by atoms with Gasteiger partial charge < -0.3 is 14.6 Å². The minimum atomic E-state index is -0.325. The highest BCUT2D eigenvalue weighted by atomic mass is 16.5. The third-order valence-electron chi connectivity index (χ3n) is 3.62. The van der Waals surface area contributed by atoms with Crippen molar-refractivity contribution < 1.29 is 14.6 Å². The van der Waals surface area contributed by atoms with Crippen LogP contribution in [0, 0.1) is 0 Å². The van der Waals surface area contributed by atoms with Crippen LogP contribution in [0.5, 0.6) is 17.2 Å². The number of hydrogen-bond acceptors (Lipinski definition) is 4. The molecule has 0 bridgehead atoms. The predicted octanol–water partition coefficient (Wildman–Crippen LogP) is 4.33. The third-order valence-corrected chi connectivity index (χ3v) is 3.62. The molecule has 22 heavy (non-hydrogen) atoms. The smallest absolute Gasteiger partial charge is 0.136 e. The second-order valence-corrected chi connectivity index (χ2v) is 6.38. The summed E-state index contributed by atoms with van der Waals surface area (Å²) in [6.45, 7) is 9.71. The maximum Gasteiger partial charge on any atom is 0.136 e. The zero-order valence-corrected chi connectivity index (χ0v) is 14.1. The Morgan fingerprint density at radius 3 is 2.73 bits per heavy atom. The summed E-state index contributed by atoms with van der Waals surface area (Å²) in [4.78, 5) is 4.64. The Morgan fingerprint density at radius 1 is 1.27 bits per heavy atom. The molecule has 0 saturated carbocycles. The van der Waals surface area contributed by atoms with Gasteiger partial charge in [0.05, 0.1) is 17.9 Å². The number of benzene rings is 1. The van der Waals surface area contributed by atoms with Crippen LogP contribution in [0.3, 0.4) is 0 Å². The summed E-state index contributed by atoms with van der Waals surface area (Å²) in [5, 5.41) is 10.4. The second kappa shape index (κ2) is 7.03. The van der Waals surface area contributed by atoms with Crippen LogP contribution in [0.1, 0.15) is 58.9 Å². The van der Waals surface area contributed by atoms with Crippen LogP contribution in [0.15, 0.2) is 17.1 Å². The Kier molecular flexibility index (Phi) is 5.33. The summed E-state index contributed by atoms with van der Waals surface area (Å²) in [7, 11) is 0. The molecule has 0 saturated heterocycles. The van der Waals surface area contributed by atoms with E-state index in [2.05, 4.69) is 18.8 Å². The maximum absolute atomic E-state index is 10.4. The maximum atomic E-state index is 10.4. The minimum Gasteiger partial charge on any atom is -0.507 e. The molecule has 1 aliphatic heterocycles. The number of rotatable bonds is 6. The zero-order valence-electron chi connectivity index (χ0n) is 14.1. The molecule has 1 aromatic carbocycles. The molecule has 0 aromatic heterocycles. The number of aromatic hydroxyl groups is 1. The number of ether oxygens (including phenoxy) is 2. The van der Waals surface area contributed by atoms with E-state index in [4.69, 9.17) is 9.47 Å². The number of phenols is 1. The lowest BCUT2D eigenvalue weighted by Crippen LogP contribution is -2.36. The van der Waals surface area contributed by atoms with Crippen molar-refractivity contribution in [1.29, 1.82) is 0 Å². The first-order chi connectivity index (χ1) is 10.5. The molecular weight excluding hydrogens is 278 g/mol. The van der Waals surface area contributed by atoms with Gasteiger partial charge in [-0.25, -0.2) is 0 Å². The van der Waals surface area contributed by atoms with Gasteiger partial charge in [-0.2, -0.15) is 0 Å². The highest BCUT2D eigenvalue weighted by Gasteiger charge is 2.33. The van der Waals surface area contributed by atoms with E-state index in [0.29, 0.717) is 24.5 Å². The number of unbranched alkanes of at least 4 members (excludes halogenated alkanes) is 1. The van der Waals surface area contributed by atoms with Crippen molar-refractivity contribution in [2.75, 3.05) is 13.2 Å².